The zero-order valence-electron chi connectivity index (χ0n) is 18.6. The highest BCUT2D eigenvalue weighted by Crippen LogP contribution is 2.45. The molecular weight excluding hydrogens is 394 g/mol. The maximum Gasteiger partial charge on any atom is 0.336 e. The Morgan fingerprint density at radius 3 is 1.97 bits per heavy atom. The van der Waals surface area contributed by atoms with Crippen LogP contribution in [0, 0.1) is 5.92 Å². The summed E-state index contributed by atoms with van der Waals surface area (Å²) in [5.41, 5.74) is 1.77. The molecule has 3 aliphatic heterocycles. The molecule has 0 aromatic rings. The van der Waals surface area contributed by atoms with Crippen molar-refractivity contribution in [2.24, 2.45) is 5.92 Å². The van der Waals surface area contributed by atoms with Crippen molar-refractivity contribution in [3.05, 3.63) is 22.5 Å². The van der Waals surface area contributed by atoms with Gasteiger partial charge in [0, 0.05) is 18.5 Å². The van der Waals surface area contributed by atoms with Gasteiger partial charge in [-0.3, -0.25) is 0 Å². The lowest BCUT2D eigenvalue weighted by atomic mass is 9.79. The number of fused-ring (bicyclic) bond motifs is 1. The van der Waals surface area contributed by atoms with Crippen LogP contribution in [0.1, 0.15) is 41.5 Å². The Hall–Kier alpha value is -1.94. The van der Waals surface area contributed by atoms with Gasteiger partial charge in [-0.1, -0.05) is 0 Å². The summed E-state index contributed by atoms with van der Waals surface area (Å²) in [6.45, 7) is 11.0. The van der Waals surface area contributed by atoms with Crippen molar-refractivity contribution in [1.82, 2.24) is 5.32 Å². The van der Waals surface area contributed by atoms with Gasteiger partial charge in [0.1, 0.15) is 18.3 Å². The summed E-state index contributed by atoms with van der Waals surface area (Å²) in [5, 5.41) is 3.11. The number of ether oxygens (including phenoxy) is 6. The van der Waals surface area contributed by atoms with Crippen LogP contribution in [0.4, 0.5) is 0 Å². The molecule has 9 heteroatoms. The van der Waals surface area contributed by atoms with Crippen molar-refractivity contribution < 1.29 is 38.0 Å². The standard InChI is InChI=1S/C21H31NO8/c1-8-26-18(23)12-10(3)22-11(4)13(19(24)27-9-2)14(12)15-16(25-7)17-20(28-15)30-21(5,6)29-17/h14-17,20,22H,8-9H2,1-7H3/t15-,16+,17-,20-/m1/s1. The van der Waals surface area contributed by atoms with Gasteiger partial charge in [-0.15, -0.1) is 0 Å². The van der Waals surface area contributed by atoms with Crippen molar-refractivity contribution in [3.63, 3.8) is 0 Å². The molecule has 30 heavy (non-hydrogen) atoms. The molecule has 0 unspecified atom stereocenters. The molecule has 0 bridgehead atoms. The first-order valence-electron chi connectivity index (χ1n) is 10.2. The minimum atomic E-state index is -0.823. The summed E-state index contributed by atoms with van der Waals surface area (Å²) in [6, 6.07) is 0. The second-order valence-corrected chi connectivity index (χ2v) is 7.89. The predicted octanol–water partition coefficient (Wildman–Crippen LogP) is 1.77. The van der Waals surface area contributed by atoms with E-state index in [2.05, 4.69) is 5.32 Å². The van der Waals surface area contributed by atoms with Crippen molar-refractivity contribution in [2.75, 3.05) is 20.3 Å². The van der Waals surface area contributed by atoms with Crippen LogP contribution in [0.25, 0.3) is 0 Å². The SMILES string of the molecule is CCOC(=O)C1=C(C)NC(C)=C(C(=O)OCC)C1[C@H]1O[C@@H]2OC(C)(C)O[C@@H]2[C@H]1OC. The fourth-order valence-electron chi connectivity index (χ4n) is 4.37. The fraction of sp³-hybridized carbons (Fsp3) is 0.714. The molecule has 0 aromatic carbocycles. The summed E-state index contributed by atoms with van der Waals surface area (Å²) in [4.78, 5) is 25.8. The van der Waals surface area contributed by atoms with E-state index in [9.17, 15) is 9.59 Å². The van der Waals surface area contributed by atoms with Gasteiger partial charge in [0.05, 0.1) is 30.3 Å². The van der Waals surface area contributed by atoms with Crippen molar-refractivity contribution in [1.29, 1.82) is 0 Å². The molecule has 0 saturated carbocycles. The van der Waals surface area contributed by atoms with Gasteiger partial charge in [-0.25, -0.2) is 9.59 Å². The van der Waals surface area contributed by atoms with Crippen LogP contribution < -0.4 is 5.32 Å². The maximum absolute atomic E-state index is 12.9. The van der Waals surface area contributed by atoms with E-state index in [1.54, 1.807) is 48.7 Å². The van der Waals surface area contributed by atoms with Gasteiger partial charge in [-0.2, -0.15) is 0 Å². The molecule has 9 nitrogen and oxygen atoms in total. The van der Waals surface area contributed by atoms with Crippen LogP contribution in [0.2, 0.25) is 0 Å². The summed E-state index contributed by atoms with van der Waals surface area (Å²) in [7, 11) is 1.54. The third-order valence-corrected chi connectivity index (χ3v) is 5.42. The summed E-state index contributed by atoms with van der Waals surface area (Å²) >= 11 is 0. The molecular formula is C21H31NO8. The molecule has 0 amide bonds. The minimum absolute atomic E-state index is 0.199. The molecule has 0 spiro atoms. The Morgan fingerprint density at radius 2 is 1.50 bits per heavy atom. The molecule has 0 aromatic heterocycles. The Morgan fingerprint density at radius 1 is 0.967 bits per heavy atom. The van der Waals surface area contributed by atoms with E-state index in [0.717, 1.165) is 0 Å². The Labute approximate surface area is 176 Å². The van der Waals surface area contributed by atoms with Gasteiger partial charge >= 0.3 is 11.9 Å². The lowest BCUT2D eigenvalue weighted by Crippen LogP contribution is -2.46. The number of rotatable bonds is 6. The number of nitrogens with one attached hydrogen (secondary N) is 1. The van der Waals surface area contributed by atoms with Crippen LogP contribution in [0.5, 0.6) is 0 Å². The van der Waals surface area contributed by atoms with Crippen LogP contribution >= 0.6 is 0 Å². The third-order valence-electron chi connectivity index (χ3n) is 5.42. The van der Waals surface area contributed by atoms with Crippen LogP contribution in [-0.4, -0.2) is 62.7 Å². The van der Waals surface area contributed by atoms with E-state index in [1.165, 1.54) is 0 Å². The fourth-order valence-corrected chi connectivity index (χ4v) is 4.37. The number of allylic oxidation sites excluding steroid dienone is 2. The normalized spacial score (nSPS) is 30.9. The predicted molar refractivity (Wildman–Crippen MR) is 105 cm³/mol. The second kappa shape index (κ2) is 8.66. The molecule has 1 N–H and O–H groups in total. The molecule has 0 aliphatic carbocycles. The Balaban J connectivity index is 2.06. The summed E-state index contributed by atoms with van der Waals surface area (Å²) in [6.07, 6.45) is -2.48. The molecule has 3 rings (SSSR count). The summed E-state index contributed by atoms with van der Waals surface area (Å²) < 4.78 is 34.4. The van der Waals surface area contributed by atoms with E-state index in [-0.39, 0.29) is 13.2 Å². The van der Waals surface area contributed by atoms with Gasteiger partial charge in [0.2, 0.25) is 0 Å². The maximum atomic E-state index is 12.9. The minimum Gasteiger partial charge on any atom is -0.463 e. The highest BCUT2D eigenvalue weighted by Gasteiger charge is 2.59. The number of esters is 2. The van der Waals surface area contributed by atoms with Crippen LogP contribution in [0.3, 0.4) is 0 Å². The van der Waals surface area contributed by atoms with E-state index in [0.29, 0.717) is 22.5 Å². The average molecular weight is 425 g/mol. The number of hydrogen-bond donors (Lipinski definition) is 1. The molecule has 4 atom stereocenters. The van der Waals surface area contributed by atoms with Crippen molar-refractivity contribution in [2.45, 2.75) is 71.9 Å². The lowest BCUT2D eigenvalue weighted by molar-refractivity contribution is -0.220. The first-order valence-corrected chi connectivity index (χ1v) is 10.2. The Kier molecular flexibility index (Phi) is 6.57. The largest absolute Gasteiger partial charge is 0.463 e. The first-order chi connectivity index (χ1) is 14.1. The highest BCUT2D eigenvalue weighted by molar-refractivity contribution is 5.98. The molecule has 2 fully saturated rings. The summed E-state index contributed by atoms with van der Waals surface area (Å²) in [5.74, 6) is -2.65. The number of carbonyl (C=O) groups excluding carboxylic acids is 2. The number of dihydropyridines is 1. The molecule has 3 heterocycles. The van der Waals surface area contributed by atoms with Gasteiger partial charge < -0.3 is 33.7 Å². The van der Waals surface area contributed by atoms with Gasteiger partial charge in [0.25, 0.3) is 0 Å². The number of methoxy groups -OCH3 is 1. The van der Waals surface area contributed by atoms with E-state index < -0.39 is 48.2 Å². The molecule has 168 valence electrons. The topological polar surface area (TPSA) is 102 Å². The number of hydrogen-bond acceptors (Lipinski definition) is 9. The van der Waals surface area contributed by atoms with Crippen molar-refractivity contribution in [3.8, 4) is 0 Å². The average Bonchev–Trinajstić information content (AvgIpc) is 3.12. The highest BCUT2D eigenvalue weighted by atomic mass is 16.8. The van der Waals surface area contributed by atoms with Crippen LogP contribution in [0.15, 0.2) is 22.5 Å². The first kappa shape index (κ1) is 22.7. The lowest BCUT2D eigenvalue weighted by Gasteiger charge is -2.36. The second-order valence-electron chi connectivity index (χ2n) is 7.89. The van der Waals surface area contributed by atoms with Gasteiger partial charge in [0.15, 0.2) is 12.1 Å². The van der Waals surface area contributed by atoms with E-state index in [4.69, 9.17) is 28.4 Å². The quantitative estimate of drug-likeness (QED) is 0.638. The monoisotopic (exact) mass is 425 g/mol. The smallest absolute Gasteiger partial charge is 0.336 e. The van der Waals surface area contributed by atoms with Crippen molar-refractivity contribution >= 4 is 11.9 Å². The Bertz CT molecular complexity index is 731. The van der Waals surface area contributed by atoms with Gasteiger partial charge in [-0.05, 0) is 41.5 Å². The zero-order chi connectivity index (χ0) is 22.2. The molecule has 0 radical (unpaired) electrons. The molecule has 3 aliphatic rings. The van der Waals surface area contributed by atoms with E-state index >= 15 is 0 Å². The third kappa shape index (κ3) is 3.99. The van der Waals surface area contributed by atoms with Crippen LogP contribution in [-0.2, 0) is 38.0 Å². The molecule has 2 saturated heterocycles. The van der Waals surface area contributed by atoms with E-state index in [1.807, 2.05) is 0 Å². The number of carbonyl (C=O) groups is 2. The zero-order valence-corrected chi connectivity index (χ0v) is 18.6.